The highest BCUT2D eigenvalue weighted by molar-refractivity contribution is 5.85. The number of carbonyl (C=O) groups excluding carboxylic acids is 1. The van der Waals surface area contributed by atoms with Gasteiger partial charge in [-0.25, -0.2) is 9.97 Å². The van der Waals surface area contributed by atoms with Crippen LogP contribution in [0.5, 0.6) is 5.88 Å². The Morgan fingerprint density at radius 1 is 1.33 bits per heavy atom. The van der Waals surface area contributed by atoms with Crippen LogP contribution in [-0.4, -0.2) is 32.4 Å². The summed E-state index contributed by atoms with van der Waals surface area (Å²) in [6, 6.07) is -0.136. The van der Waals surface area contributed by atoms with Crippen LogP contribution < -0.4 is 4.74 Å². The van der Waals surface area contributed by atoms with Gasteiger partial charge in [0, 0.05) is 6.42 Å². The Bertz CT molecular complexity index is 593. The van der Waals surface area contributed by atoms with Crippen LogP contribution in [0.3, 0.4) is 0 Å². The van der Waals surface area contributed by atoms with Crippen molar-refractivity contribution in [2.24, 2.45) is 0 Å². The second-order valence-corrected chi connectivity index (χ2v) is 4.43. The van der Waals surface area contributed by atoms with Gasteiger partial charge in [-0.2, -0.15) is 4.98 Å². The van der Waals surface area contributed by atoms with E-state index in [1.54, 1.807) is 13.4 Å². The van der Waals surface area contributed by atoms with Gasteiger partial charge in [-0.15, -0.1) is 0 Å². The number of fused-ring (bicyclic) bond motifs is 1. The summed E-state index contributed by atoms with van der Waals surface area (Å²) in [5.41, 5.74) is 1.28. The average molecular weight is 246 g/mol. The van der Waals surface area contributed by atoms with E-state index in [1.165, 1.54) is 6.33 Å². The molecule has 1 saturated carbocycles. The van der Waals surface area contributed by atoms with Crippen molar-refractivity contribution in [3.63, 3.8) is 0 Å². The van der Waals surface area contributed by atoms with E-state index >= 15 is 0 Å². The smallest absolute Gasteiger partial charge is 0.245 e. The van der Waals surface area contributed by atoms with E-state index in [1.807, 2.05) is 4.57 Å². The molecule has 0 aromatic carbocycles. The number of imidazole rings is 1. The Kier molecular flexibility index (Phi) is 2.70. The maximum atomic E-state index is 12.0. The van der Waals surface area contributed by atoms with E-state index in [9.17, 15) is 4.79 Å². The van der Waals surface area contributed by atoms with Crippen molar-refractivity contribution >= 4 is 16.9 Å². The largest absolute Gasteiger partial charge is 0.479 e. The van der Waals surface area contributed by atoms with Gasteiger partial charge in [-0.05, 0) is 12.8 Å². The van der Waals surface area contributed by atoms with Crippen LogP contribution >= 0.6 is 0 Å². The first-order chi connectivity index (χ1) is 8.81. The number of hydrogen-bond acceptors (Lipinski definition) is 5. The second-order valence-electron chi connectivity index (χ2n) is 4.43. The molecule has 1 fully saturated rings. The number of hydrogen-bond donors (Lipinski definition) is 0. The molecule has 1 aliphatic carbocycles. The van der Waals surface area contributed by atoms with E-state index in [4.69, 9.17) is 4.74 Å². The predicted molar refractivity (Wildman–Crippen MR) is 64.4 cm³/mol. The van der Waals surface area contributed by atoms with Gasteiger partial charge in [0.25, 0.3) is 0 Å². The van der Waals surface area contributed by atoms with Crippen LogP contribution in [0.1, 0.15) is 31.7 Å². The highest BCUT2D eigenvalue weighted by Gasteiger charge is 2.26. The molecular weight excluding hydrogens is 232 g/mol. The SMILES string of the molecule is COc1ncnc2c1ncn2C1CCCCC1=O. The fourth-order valence-corrected chi connectivity index (χ4v) is 2.47. The average Bonchev–Trinajstić information content (AvgIpc) is 2.83. The molecule has 1 unspecified atom stereocenters. The zero-order valence-electron chi connectivity index (χ0n) is 10.2. The van der Waals surface area contributed by atoms with E-state index < -0.39 is 0 Å². The molecule has 0 bridgehead atoms. The third-order valence-corrected chi connectivity index (χ3v) is 3.38. The number of nitrogens with zero attached hydrogens (tertiary/aromatic N) is 4. The number of methoxy groups -OCH3 is 1. The molecule has 0 radical (unpaired) electrons. The summed E-state index contributed by atoms with van der Waals surface area (Å²) in [7, 11) is 1.55. The van der Waals surface area contributed by atoms with Crippen LogP contribution in [0, 0.1) is 0 Å². The Morgan fingerprint density at radius 3 is 3.00 bits per heavy atom. The quantitative estimate of drug-likeness (QED) is 0.803. The molecule has 0 amide bonds. The maximum Gasteiger partial charge on any atom is 0.245 e. The Labute approximate surface area is 104 Å². The van der Waals surface area contributed by atoms with Gasteiger partial charge in [-0.3, -0.25) is 4.79 Å². The standard InChI is InChI=1S/C12H14N4O2/c1-18-12-10-11(13-6-14-12)16(7-15-10)8-4-2-3-5-9(8)17/h6-8H,2-5H2,1H3. The van der Waals surface area contributed by atoms with Crippen molar-refractivity contribution in [2.75, 3.05) is 7.11 Å². The van der Waals surface area contributed by atoms with Crippen molar-refractivity contribution in [3.8, 4) is 5.88 Å². The number of Topliss-reactive ketones (excluding diaryl/α,β-unsaturated/α-hetero) is 1. The molecule has 0 N–H and O–H groups in total. The van der Waals surface area contributed by atoms with Crippen molar-refractivity contribution in [1.82, 2.24) is 19.5 Å². The third-order valence-electron chi connectivity index (χ3n) is 3.38. The summed E-state index contributed by atoms with van der Waals surface area (Å²) in [5.74, 6) is 0.708. The van der Waals surface area contributed by atoms with Gasteiger partial charge in [-0.1, -0.05) is 6.42 Å². The van der Waals surface area contributed by atoms with Crippen LogP contribution in [0.4, 0.5) is 0 Å². The summed E-state index contributed by atoms with van der Waals surface area (Å²) >= 11 is 0. The van der Waals surface area contributed by atoms with Crippen molar-refractivity contribution in [1.29, 1.82) is 0 Å². The fourth-order valence-electron chi connectivity index (χ4n) is 2.47. The fraction of sp³-hybridized carbons (Fsp3) is 0.500. The van der Waals surface area contributed by atoms with Gasteiger partial charge in [0.15, 0.2) is 16.9 Å². The van der Waals surface area contributed by atoms with E-state index in [2.05, 4.69) is 15.0 Å². The Hall–Kier alpha value is -1.98. The van der Waals surface area contributed by atoms with Crippen LogP contribution in [0.2, 0.25) is 0 Å². The summed E-state index contributed by atoms with van der Waals surface area (Å²) in [6.07, 6.45) is 6.66. The van der Waals surface area contributed by atoms with Gasteiger partial charge in [0.2, 0.25) is 5.88 Å². The first-order valence-corrected chi connectivity index (χ1v) is 6.05. The summed E-state index contributed by atoms with van der Waals surface area (Å²) in [4.78, 5) is 24.5. The summed E-state index contributed by atoms with van der Waals surface area (Å²) in [6.45, 7) is 0. The number of rotatable bonds is 2. The number of aromatic nitrogens is 4. The zero-order valence-corrected chi connectivity index (χ0v) is 10.2. The summed E-state index contributed by atoms with van der Waals surface area (Å²) in [5, 5.41) is 0. The molecule has 2 aromatic heterocycles. The normalized spacial score (nSPS) is 20.3. The monoisotopic (exact) mass is 246 g/mol. The minimum atomic E-state index is -0.136. The van der Waals surface area contributed by atoms with Gasteiger partial charge in [0.05, 0.1) is 19.5 Å². The zero-order chi connectivity index (χ0) is 12.5. The molecule has 6 heteroatoms. The van der Waals surface area contributed by atoms with E-state index in [0.717, 1.165) is 19.3 Å². The minimum Gasteiger partial charge on any atom is -0.479 e. The second kappa shape index (κ2) is 4.36. The molecule has 0 spiro atoms. The molecule has 3 rings (SSSR count). The molecule has 1 aliphatic rings. The molecular formula is C12H14N4O2. The van der Waals surface area contributed by atoms with Crippen molar-refractivity contribution in [2.45, 2.75) is 31.7 Å². The highest BCUT2D eigenvalue weighted by Crippen LogP contribution is 2.29. The van der Waals surface area contributed by atoms with E-state index in [0.29, 0.717) is 23.5 Å². The van der Waals surface area contributed by atoms with Gasteiger partial charge in [0.1, 0.15) is 6.33 Å². The lowest BCUT2D eigenvalue weighted by molar-refractivity contribution is -0.123. The first kappa shape index (κ1) is 11.1. The molecule has 18 heavy (non-hydrogen) atoms. The minimum absolute atomic E-state index is 0.136. The molecule has 94 valence electrons. The number of carbonyl (C=O) groups is 1. The predicted octanol–water partition coefficient (Wildman–Crippen LogP) is 1.52. The lowest BCUT2D eigenvalue weighted by Gasteiger charge is -2.21. The molecule has 2 aromatic rings. The van der Waals surface area contributed by atoms with Gasteiger partial charge < -0.3 is 9.30 Å². The molecule has 0 saturated heterocycles. The number of ketones is 1. The van der Waals surface area contributed by atoms with Crippen LogP contribution in [-0.2, 0) is 4.79 Å². The van der Waals surface area contributed by atoms with Crippen LogP contribution in [0.25, 0.3) is 11.2 Å². The molecule has 1 atom stereocenters. The maximum absolute atomic E-state index is 12.0. The third kappa shape index (κ3) is 1.64. The summed E-state index contributed by atoms with van der Waals surface area (Å²) < 4.78 is 6.99. The Morgan fingerprint density at radius 2 is 2.22 bits per heavy atom. The van der Waals surface area contributed by atoms with Crippen LogP contribution in [0.15, 0.2) is 12.7 Å². The lowest BCUT2D eigenvalue weighted by atomic mass is 9.94. The lowest BCUT2D eigenvalue weighted by Crippen LogP contribution is -2.22. The van der Waals surface area contributed by atoms with Crippen molar-refractivity contribution < 1.29 is 9.53 Å². The Balaban J connectivity index is 2.09. The number of ether oxygens (including phenoxy) is 1. The first-order valence-electron chi connectivity index (χ1n) is 6.05. The van der Waals surface area contributed by atoms with E-state index in [-0.39, 0.29) is 11.8 Å². The topological polar surface area (TPSA) is 69.9 Å². The van der Waals surface area contributed by atoms with Crippen molar-refractivity contribution in [3.05, 3.63) is 12.7 Å². The molecule has 0 aliphatic heterocycles. The van der Waals surface area contributed by atoms with Gasteiger partial charge >= 0.3 is 0 Å². The molecule has 2 heterocycles. The highest BCUT2D eigenvalue weighted by atomic mass is 16.5. The molecule has 6 nitrogen and oxygen atoms in total.